The van der Waals surface area contributed by atoms with E-state index in [2.05, 4.69) is 0 Å². The molecule has 0 spiro atoms. The highest BCUT2D eigenvalue weighted by molar-refractivity contribution is 8.00. The Morgan fingerprint density at radius 2 is 2.06 bits per heavy atom. The maximum atomic E-state index is 11.8. The number of halogens is 1. The van der Waals surface area contributed by atoms with E-state index in [-0.39, 0.29) is 18.2 Å². The number of carboxylic acid groups (broad SMARTS) is 1. The van der Waals surface area contributed by atoms with Crippen LogP contribution in [0.1, 0.15) is 6.92 Å². The Hall–Kier alpha value is -1.20. The van der Waals surface area contributed by atoms with Crippen molar-refractivity contribution in [1.82, 2.24) is 4.90 Å². The summed E-state index contributed by atoms with van der Waals surface area (Å²) >= 11 is 7.28. The minimum absolute atomic E-state index is 0.185. The van der Waals surface area contributed by atoms with Crippen molar-refractivity contribution in [2.24, 2.45) is 0 Å². The Bertz CT molecular complexity index is 439. The summed E-state index contributed by atoms with van der Waals surface area (Å²) in [5, 5.41) is 9.27. The Labute approximate surface area is 115 Å². The number of benzene rings is 1. The second-order valence-corrected chi connectivity index (χ2v) is 4.95. The number of thioether (sulfide) groups is 1. The fraction of sp³-hybridized carbons (Fsp3) is 0.333. The van der Waals surface area contributed by atoms with Crippen molar-refractivity contribution in [2.75, 3.05) is 18.8 Å². The van der Waals surface area contributed by atoms with Crippen LogP contribution in [0.15, 0.2) is 29.2 Å². The van der Waals surface area contributed by atoms with Crippen molar-refractivity contribution in [3.63, 3.8) is 0 Å². The fourth-order valence-corrected chi connectivity index (χ4v) is 2.47. The number of carboxylic acids is 1. The zero-order valence-corrected chi connectivity index (χ0v) is 11.5. The number of carbonyl (C=O) groups excluding carboxylic acids is 1. The molecular formula is C12H14ClNO3S. The summed E-state index contributed by atoms with van der Waals surface area (Å²) in [7, 11) is 0. The van der Waals surface area contributed by atoms with Gasteiger partial charge in [0.15, 0.2) is 0 Å². The summed E-state index contributed by atoms with van der Waals surface area (Å²) in [5.41, 5.74) is 0. The molecule has 0 saturated carbocycles. The summed E-state index contributed by atoms with van der Waals surface area (Å²) in [5.74, 6) is -1.03. The summed E-state index contributed by atoms with van der Waals surface area (Å²) < 4.78 is 0. The average Bonchev–Trinajstić information content (AvgIpc) is 2.34. The van der Waals surface area contributed by atoms with Crippen LogP contribution in [-0.4, -0.2) is 40.7 Å². The number of rotatable bonds is 6. The highest BCUT2D eigenvalue weighted by Crippen LogP contribution is 2.26. The Kier molecular flexibility index (Phi) is 6.01. The van der Waals surface area contributed by atoms with Gasteiger partial charge in [0.25, 0.3) is 0 Å². The zero-order chi connectivity index (χ0) is 13.5. The fourth-order valence-electron chi connectivity index (χ4n) is 1.33. The van der Waals surface area contributed by atoms with Gasteiger partial charge in [0.05, 0.1) is 10.8 Å². The molecule has 1 amide bonds. The van der Waals surface area contributed by atoms with Gasteiger partial charge in [-0.15, -0.1) is 11.8 Å². The second kappa shape index (κ2) is 7.28. The van der Waals surface area contributed by atoms with Gasteiger partial charge in [-0.3, -0.25) is 9.59 Å². The average molecular weight is 288 g/mol. The lowest BCUT2D eigenvalue weighted by molar-refractivity contribution is -0.143. The van der Waals surface area contributed by atoms with Crippen LogP contribution in [0, 0.1) is 0 Å². The molecule has 0 heterocycles. The number of hydrogen-bond acceptors (Lipinski definition) is 3. The number of likely N-dealkylation sites (N-methyl/N-ethyl adjacent to an activating group) is 1. The van der Waals surface area contributed by atoms with Gasteiger partial charge in [0.2, 0.25) is 5.91 Å². The van der Waals surface area contributed by atoms with Gasteiger partial charge < -0.3 is 10.0 Å². The summed E-state index contributed by atoms with van der Waals surface area (Å²) in [6.45, 7) is 1.87. The molecule has 0 radical (unpaired) electrons. The summed E-state index contributed by atoms with van der Waals surface area (Å²) in [6, 6.07) is 7.24. The molecule has 0 atom stereocenters. The van der Waals surface area contributed by atoms with Crippen molar-refractivity contribution in [1.29, 1.82) is 0 Å². The lowest BCUT2D eigenvalue weighted by Gasteiger charge is -2.18. The van der Waals surface area contributed by atoms with Crippen molar-refractivity contribution in [3.8, 4) is 0 Å². The lowest BCUT2D eigenvalue weighted by atomic mass is 10.4. The monoisotopic (exact) mass is 287 g/mol. The molecule has 1 aromatic rings. The van der Waals surface area contributed by atoms with E-state index in [1.54, 1.807) is 13.0 Å². The standard InChI is InChI=1S/C12H14ClNO3S/c1-2-14(7-12(16)17)11(15)8-18-10-6-4-3-5-9(10)13/h3-6H,2,7-8H2,1H3,(H,16,17). The second-order valence-electron chi connectivity index (χ2n) is 3.52. The van der Waals surface area contributed by atoms with E-state index in [4.69, 9.17) is 16.7 Å². The molecule has 0 unspecified atom stereocenters. The van der Waals surface area contributed by atoms with Crippen LogP contribution < -0.4 is 0 Å². The first-order valence-corrected chi connectivity index (χ1v) is 6.77. The molecule has 0 aliphatic heterocycles. The molecule has 0 bridgehead atoms. The molecule has 1 N–H and O–H groups in total. The molecule has 0 aromatic heterocycles. The van der Waals surface area contributed by atoms with Crippen LogP contribution in [0.25, 0.3) is 0 Å². The number of aliphatic carboxylic acids is 1. The van der Waals surface area contributed by atoms with E-state index in [1.807, 2.05) is 18.2 Å². The molecule has 6 heteroatoms. The number of carbonyl (C=O) groups is 2. The van der Waals surface area contributed by atoms with Gasteiger partial charge in [0.1, 0.15) is 6.54 Å². The molecule has 0 aliphatic rings. The first kappa shape index (κ1) is 14.9. The largest absolute Gasteiger partial charge is 0.480 e. The van der Waals surface area contributed by atoms with E-state index in [1.165, 1.54) is 16.7 Å². The van der Waals surface area contributed by atoms with Gasteiger partial charge in [-0.1, -0.05) is 23.7 Å². The quantitative estimate of drug-likeness (QED) is 0.816. The molecule has 1 aromatic carbocycles. The van der Waals surface area contributed by atoms with Crippen LogP contribution in [-0.2, 0) is 9.59 Å². The van der Waals surface area contributed by atoms with Crippen LogP contribution in [0.5, 0.6) is 0 Å². The Morgan fingerprint density at radius 3 is 2.61 bits per heavy atom. The number of hydrogen-bond donors (Lipinski definition) is 1. The van der Waals surface area contributed by atoms with E-state index >= 15 is 0 Å². The van der Waals surface area contributed by atoms with Crippen molar-refractivity contribution >= 4 is 35.2 Å². The van der Waals surface area contributed by atoms with Gasteiger partial charge in [0, 0.05) is 11.4 Å². The van der Waals surface area contributed by atoms with Gasteiger partial charge in [-0.2, -0.15) is 0 Å². The third-order valence-electron chi connectivity index (χ3n) is 2.25. The first-order chi connectivity index (χ1) is 8.54. The molecule has 18 heavy (non-hydrogen) atoms. The first-order valence-electron chi connectivity index (χ1n) is 5.41. The van der Waals surface area contributed by atoms with Gasteiger partial charge >= 0.3 is 5.97 Å². The van der Waals surface area contributed by atoms with E-state index in [0.29, 0.717) is 11.6 Å². The maximum Gasteiger partial charge on any atom is 0.323 e. The minimum Gasteiger partial charge on any atom is -0.480 e. The van der Waals surface area contributed by atoms with Crippen molar-refractivity contribution in [2.45, 2.75) is 11.8 Å². The molecular weight excluding hydrogens is 274 g/mol. The summed E-state index contributed by atoms with van der Waals surface area (Å²) in [4.78, 5) is 24.5. The van der Waals surface area contributed by atoms with Crippen molar-refractivity contribution in [3.05, 3.63) is 29.3 Å². The topological polar surface area (TPSA) is 57.6 Å². The van der Waals surface area contributed by atoms with Crippen LogP contribution in [0.2, 0.25) is 5.02 Å². The number of amides is 1. The Balaban J connectivity index is 2.54. The molecule has 1 rings (SSSR count). The van der Waals surface area contributed by atoms with E-state index in [9.17, 15) is 9.59 Å². The van der Waals surface area contributed by atoms with Gasteiger partial charge in [-0.05, 0) is 19.1 Å². The van der Waals surface area contributed by atoms with E-state index < -0.39 is 5.97 Å². The number of nitrogens with zero attached hydrogens (tertiary/aromatic N) is 1. The maximum absolute atomic E-state index is 11.8. The molecule has 0 aliphatic carbocycles. The highest BCUT2D eigenvalue weighted by Gasteiger charge is 2.15. The SMILES string of the molecule is CCN(CC(=O)O)C(=O)CSc1ccccc1Cl. The molecule has 98 valence electrons. The molecule has 0 saturated heterocycles. The highest BCUT2D eigenvalue weighted by atomic mass is 35.5. The van der Waals surface area contributed by atoms with Crippen molar-refractivity contribution < 1.29 is 14.7 Å². The molecule has 0 fully saturated rings. The van der Waals surface area contributed by atoms with Crippen LogP contribution >= 0.6 is 23.4 Å². The third kappa shape index (κ3) is 4.58. The molecule has 4 nitrogen and oxygen atoms in total. The minimum atomic E-state index is -1.01. The lowest BCUT2D eigenvalue weighted by Crippen LogP contribution is -2.36. The zero-order valence-electron chi connectivity index (χ0n) is 9.93. The van der Waals surface area contributed by atoms with Gasteiger partial charge in [-0.25, -0.2) is 0 Å². The third-order valence-corrected chi connectivity index (χ3v) is 3.75. The predicted molar refractivity (Wildman–Crippen MR) is 72.1 cm³/mol. The predicted octanol–water partition coefficient (Wildman–Crippen LogP) is 2.37. The van der Waals surface area contributed by atoms with Crippen LogP contribution in [0.4, 0.5) is 0 Å². The Morgan fingerprint density at radius 1 is 1.39 bits per heavy atom. The normalized spacial score (nSPS) is 10.1. The smallest absolute Gasteiger partial charge is 0.323 e. The van der Waals surface area contributed by atoms with Crippen LogP contribution in [0.3, 0.4) is 0 Å². The van der Waals surface area contributed by atoms with E-state index in [0.717, 1.165) is 4.90 Å². The summed E-state index contributed by atoms with van der Waals surface area (Å²) in [6.07, 6.45) is 0.